The van der Waals surface area contributed by atoms with Gasteiger partial charge in [0.1, 0.15) is 0 Å². The number of rotatable bonds is 5. The number of carbonyl (C=O) groups excluding carboxylic acids is 1. The summed E-state index contributed by atoms with van der Waals surface area (Å²) in [5.41, 5.74) is 7.67. The summed E-state index contributed by atoms with van der Waals surface area (Å²) < 4.78 is 0. The third kappa shape index (κ3) is 3.35. The Balaban J connectivity index is 2.84. The highest BCUT2D eigenvalue weighted by molar-refractivity contribution is 5.93. The minimum absolute atomic E-state index is 0.150. The fourth-order valence-corrected chi connectivity index (χ4v) is 1.60. The van der Waals surface area contributed by atoms with Gasteiger partial charge in [-0.2, -0.15) is 0 Å². The van der Waals surface area contributed by atoms with Gasteiger partial charge in [-0.05, 0) is 25.5 Å². The fourth-order valence-electron chi connectivity index (χ4n) is 1.60. The van der Waals surface area contributed by atoms with Crippen LogP contribution in [0.25, 0.3) is 0 Å². The lowest BCUT2D eigenvalue weighted by Crippen LogP contribution is -2.35. The molecule has 0 aliphatic heterocycles. The average molecular weight is 220 g/mol. The van der Waals surface area contributed by atoms with Crippen molar-refractivity contribution in [3.05, 3.63) is 29.8 Å². The van der Waals surface area contributed by atoms with Crippen molar-refractivity contribution in [3.8, 4) is 0 Å². The van der Waals surface area contributed by atoms with Crippen LogP contribution < -0.4 is 10.6 Å². The molecule has 0 fully saturated rings. The van der Waals surface area contributed by atoms with E-state index < -0.39 is 0 Å². The largest absolute Gasteiger partial charge is 0.329 e. The molecule has 1 aromatic rings. The second-order valence-electron chi connectivity index (χ2n) is 3.92. The molecule has 3 nitrogen and oxygen atoms in total. The van der Waals surface area contributed by atoms with Gasteiger partial charge in [0.05, 0.1) is 0 Å². The molecule has 0 spiro atoms. The first-order valence-electron chi connectivity index (χ1n) is 5.76. The van der Waals surface area contributed by atoms with E-state index >= 15 is 0 Å². The van der Waals surface area contributed by atoms with Crippen molar-refractivity contribution in [2.75, 3.05) is 18.0 Å². The molecule has 16 heavy (non-hydrogen) atoms. The van der Waals surface area contributed by atoms with Crippen LogP contribution >= 0.6 is 0 Å². The van der Waals surface area contributed by atoms with Crippen LogP contribution in [0.4, 0.5) is 5.69 Å². The van der Waals surface area contributed by atoms with Crippen molar-refractivity contribution in [1.82, 2.24) is 0 Å². The van der Waals surface area contributed by atoms with Crippen LogP contribution in [-0.4, -0.2) is 19.0 Å². The van der Waals surface area contributed by atoms with Gasteiger partial charge in [0.2, 0.25) is 5.91 Å². The van der Waals surface area contributed by atoms with Crippen molar-refractivity contribution >= 4 is 11.6 Å². The van der Waals surface area contributed by atoms with Crippen LogP contribution in [0.15, 0.2) is 24.3 Å². The first kappa shape index (κ1) is 12.7. The van der Waals surface area contributed by atoms with Crippen molar-refractivity contribution in [1.29, 1.82) is 0 Å². The number of benzene rings is 1. The molecule has 88 valence electrons. The number of anilines is 1. The Kier molecular flexibility index (Phi) is 4.99. The molecule has 0 aromatic heterocycles. The van der Waals surface area contributed by atoms with Gasteiger partial charge >= 0.3 is 0 Å². The molecule has 0 radical (unpaired) electrons. The summed E-state index contributed by atoms with van der Waals surface area (Å²) in [5, 5.41) is 0. The quantitative estimate of drug-likeness (QED) is 0.826. The molecule has 0 unspecified atom stereocenters. The molecule has 1 aromatic carbocycles. The van der Waals surface area contributed by atoms with Crippen molar-refractivity contribution in [2.45, 2.75) is 26.7 Å². The topological polar surface area (TPSA) is 46.3 Å². The van der Waals surface area contributed by atoms with Crippen LogP contribution in [0.5, 0.6) is 0 Å². The number of nitrogens with zero attached hydrogens (tertiary/aromatic N) is 1. The molecule has 0 aliphatic carbocycles. The van der Waals surface area contributed by atoms with Crippen molar-refractivity contribution in [2.24, 2.45) is 5.73 Å². The van der Waals surface area contributed by atoms with Crippen LogP contribution in [0, 0.1) is 6.92 Å². The van der Waals surface area contributed by atoms with Gasteiger partial charge in [-0.15, -0.1) is 0 Å². The van der Waals surface area contributed by atoms with Crippen LogP contribution in [-0.2, 0) is 4.79 Å². The first-order chi connectivity index (χ1) is 7.69. The van der Waals surface area contributed by atoms with E-state index in [1.165, 1.54) is 5.56 Å². The number of hydrogen-bond acceptors (Lipinski definition) is 2. The highest BCUT2D eigenvalue weighted by atomic mass is 16.2. The zero-order chi connectivity index (χ0) is 12.0. The zero-order valence-electron chi connectivity index (χ0n) is 10.1. The third-order valence-corrected chi connectivity index (χ3v) is 2.46. The monoisotopic (exact) mass is 220 g/mol. The SMILES string of the molecule is CCCC(=O)N(CCN)c1ccc(C)cc1. The predicted octanol–water partition coefficient (Wildman–Crippen LogP) is 2.09. The number of hydrogen-bond donors (Lipinski definition) is 1. The van der Waals surface area contributed by atoms with E-state index in [2.05, 4.69) is 0 Å². The Morgan fingerprint density at radius 1 is 1.31 bits per heavy atom. The van der Waals surface area contributed by atoms with Gasteiger partial charge < -0.3 is 10.6 Å². The van der Waals surface area contributed by atoms with Crippen LogP contribution in [0.2, 0.25) is 0 Å². The van der Waals surface area contributed by atoms with Gasteiger partial charge in [0, 0.05) is 25.2 Å². The van der Waals surface area contributed by atoms with E-state index in [1.54, 1.807) is 4.90 Å². The number of carbonyl (C=O) groups is 1. The summed E-state index contributed by atoms with van der Waals surface area (Å²) in [6.45, 7) is 5.11. The summed E-state index contributed by atoms with van der Waals surface area (Å²) >= 11 is 0. The second kappa shape index (κ2) is 6.28. The summed E-state index contributed by atoms with van der Waals surface area (Å²) in [6.07, 6.45) is 1.44. The van der Waals surface area contributed by atoms with E-state index in [0.29, 0.717) is 19.5 Å². The van der Waals surface area contributed by atoms with E-state index in [1.807, 2.05) is 38.1 Å². The Morgan fingerprint density at radius 3 is 2.44 bits per heavy atom. The lowest BCUT2D eigenvalue weighted by Gasteiger charge is -2.22. The summed E-state index contributed by atoms with van der Waals surface area (Å²) in [7, 11) is 0. The maximum Gasteiger partial charge on any atom is 0.227 e. The molecular weight excluding hydrogens is 200 g/mol. The molecule has 0 bridgehead atoms. The molecule has 0 aliphatic rings. The summed E-state index contributed by atoms with van der Waals surface area (Å²) in [5.74, 6) is 0.150. The predicted molar refractivity (Wildman–Crippen MR) is 67.5 cm³/mol. The van der Waals surface area contributed by atoms with E-state index in [-0.39, 0.29) is 5.91 Å². The standard InChI is InChI=1S/C13H20N2O/c1-3-4-13(16)15(10-9-14)12-7-5-11(2)6-8-12/h5-8H,3-4,9-10,14H2,1-2H3. The molecule has 3 heteroatoms. The lowest BCUT2D eigenvalue weighted by molar-refractivity contribution is -0.118. The van der Waals surface area contributed by atoms with Gasteiger partial charge in [-0.25, -0.2) is 0 Å². The van der Waals surface area contributed by atoms with E-state index in [0.717, 1.165) is 12.1 Å². The highest BCUT2D eigenvalue weighted by Crippen LogP contribution is 2.16. The maximum absolute atomic E-state index is 11.9. The lowest BCUT2D eigenvalue weighted by atomic mass is 10.2. The number of nitrogens with two attached hydrogens (primary N) is 1. The summed E-state index contributed by atoms with van der Waals surface area (Å²) in [4.78, 5) is 13.7. The molecule has 0 heterocycles. The molecular formula is C13H20N2O. The van der Waals surface area contributed by atoms with Gasteiger partial charge in [0.15, 0.2) is 0 Å². The van der Waals surface area contributed by atoms with Gasteiger partial charge in [-0.3, -0.25) is 4.79 Å². The minimum atomic E-state index is 0.150. The van der Waals surface area contributed by atoms with E-state index in [4.69, 9.17) is 5.73 Å². The first-order valence-corrected chi connectivity index (χ1v) is 5.76. The minimum Gasteiger partial charge on any atom is -0.329 e. The van der Waals surface area contributed by atoms with Gasteiger partial charge in [-0.1, -0.05) is 24.6 Å². The van der Waals surface area contributed by atoms with Crippen molar-refractivity contribution < 1.29 is 4.79 Å². The van der Waals surface area contributed by atoms with Gasteiger partial charge in [0.25, 0.3) is 0 Å². The Bertz CT molecular complexity index is 332. The summed E-state index contributed by atoms with van der Waals surface area (Å²) in [6, 6.07) is 7.97. The van der Waals surface area contributed by atoms with Crippen molar-refractivity contribution in [3.63, 3.8) is 0 Å². The van der Waals surface area contributed by atoms with Crippen LogP contribution in [0.3, 0.4) is 0 Å². The fraction of sp³-hybridized carbons (Fsp3) is 0.462. The maximum atomic E-state index is 11.9. The third-order valence-electron chi connectivity index (χ3n) is 2.46. The second-order valence-corrected chi connectivity index (χ2v) is 3.92. The van der Waals surface area contributed by atoms with E-state index in [9.17, 15) is 4.79 Å². The Morgan fingerprint density at radius 2 is 1.94 bits per heavy atom. The molecule has 2 N–H and O–H groups in total. The number of amides is 1. The average Bonchev–Trinajstić information content (AvgIpc) is 2.28. The molecule has 1 amide bonds. The number of aryl methyl sites for hydroxylation is 1. The highest BCUT2D eigenvalue weighted by Gasteiger charge is 2.13. The molecule has 0 atom stereocenters. The smallest absolute Gasteiger partial charge is 0.227 e. The Labute approximate surface area is 97.2 Å². The normalized spacial score (nSPS) is 10.2. The zero-order valence-corrected chi connectivity index (χ0v) is 10.1. The molecule has 1 rings (SSSR count). The molecule has 0 saturated carbocycles. The van der Waals surface area contributed by atoms with Crippen LogP contribution in [0.1, 0.15) is 25.3 Å². The Hall–Kier alpha value is -1.35. The molecule has 0 saturated heterocycles.